The summed E-state index contributed by atoms with van der Waals surface area (Å²) in [7, 11) is -0.406. The molecule has 0 aliphatic heterocycles. The second-order valence-corrected chi connectivity index (χ2v) is 2.67. The van der Waals surface area contributed by atoms with Crippen LogP contribution in [0.3, 0.4) is 0 Å². The average Bonchev–Trinajstić information content (AvgIpc) is 2.09. The van der Waals surface area contributed by atoms with Crippen LogP contribution in [0.25, 0.3) is 0 Å². The molecule has 0 N–H and O–H groups in total. The third kappa shape index (κ3) is 2.59. The summed E-state index contributed by atoms with van der Waals surface area (Å²) >= 11 is 5.72. The van der Waals surface area contributed by atoms with Gasteiger partial charge in [0, 0.05) is 0 Å². The van der Waals surface area contributed by atoms with Crippen molar-refractivity contribution in [3.05, 3.63) is 30.3 Å². The molecule has 0 atom stereocenters. The Morgan fingerprint density at radius 3 is 2.00 bits per heavy atom. The van der Waals surface area contributed by atoms with Gasteiger partial charge < -0.3 is 7.49 Å². The van der Waals surface area contributed by atoms with Crippen LogP contribution in [0.4, 0.5) is 0 Å². The van der Waals surface area contributed by atoms with Crippen molar-refractivity contribution in [2.24, 2.45) is 0 Å². The van der Waals surface area contributed by atoms with Crippen LogP contribution in [0, 0.1) is 0 Å². The minimum Gasteiger partial charge on any atom is -0.333 e. The fourth-order valence-corrected chi connectivity index (χ4v) is 1.52. The fraction of sp³-hybridized carbons (Fsp3) is 0. The second kappa shape index (κ2) is 4.93. The summed E-state index contributed by atoms with van der Waals surface area (Å²) in [4.78, 5) is 0. The zero-order chi connectivity index (χ0) is 8.10. The highest BCUT2D eigenvalue weighted by atomic mass is 79.9. The van der Waals surface area contributed by atoms with Crippen molar-refractivity contribution in [2.75, 3.05) is 0 Å². The lowest BCUT2D eigenvalue weighted by Crippen LogP contribution is -2.30. The van der Waals surface area contributed by atoms with E-state index in [1.54, 1.807) is 0 Å². The maximum Gasteiger partial charge on any atom is 0.516 e. The van der Waals surface area contributed by atoms with Gasteiger partial charge in [-0.05, 0) is 5.46 Å². The molecule has 5 heteroatoms. The number of hydrogen-bond acceptors (Lipinski definition) is 2. The molecule has 1 aromatic carbocycles. The summed E-state index contributed by atoms with van der Waals surface area (Å²) in [5, 5.41) is 0. The molecule has 0 unspecified atom stereocenters. The number of hydrogen-bond donors (Lipinski definition) is 0. The van der Waals surface area contributed by atoms with Crippen molar-refractivity contribution in [1.29, 1.82) is 0 Å². The molecule has 0 bridgehead atoms. The monoisotopic (exact) mass is 278 g/mol. The molecule has 0 amide bonds. The van der Waals surface area contributed by atoms with Gasteiger partial charge in [0.2, 0.25) is 0 Å². The first-order valence-corrected chi connectivity index (χ1v) is 4.27. The van der Waals surface area contributed by atoms with Crippen LogP contribution >= 0.6 is 32.5 Å². The van der Waals surface area contributed by atoms with Gasteiger partial charge in [-0.15, -0.1) is 0 Å². The Balaban J connectivity index is 2.74. The van der Waals surface area contributed by atoms with Gasteiger partial charge in [0.25, 0.3) is 0 Å². The van der Waals surface area contributed by atoms with E-state index in [4.69, 9.17) is 7.49 Å². The van der Waals surface area contributed by atoms with E-state index in [-0.39, 0.29) is 0 Å². The van der Waals surface area contributed by atoms with Crippen LogP contribution in [-0.4, -0.2) is 7.12 Å². The van der Waals surface area contributed by atoms with Gasteiger partial charge in [-0.1, -0.05) is 30.3 Å². The largest absolute Gasteiger partial charge is 0.516 e. The highest BCUT2D eigenvalue weighted by Gasteiger charge is 2.18. The first-order valence-electron chi connectivity index (χ1n) is 2.98. The quantitative estimate of drug-likeness (QED) is 0.789. The summed E-state index contributed by atoms with van der Waals surface area (Å²) in [6.45, 7) is 0. The van der Waals surface area contributed by atoms with Crippen LogP contribution in [0.2, 0.25) is 0 Å². The molecule has 0 heterocycles. The molecule has 0 aliphatic rings. The standard InChI is InChI=1S/C6H5BBr2O2/c8-10-7(11-9)6-4-2-1-3-5-6/h1-5H. The Labute approximate surface area is 82.9 Å². The summed E-state index contributed by atoms with van der Waals surface area (Å²) < 4.78 is 9.66. The van der Waals surface area contributed by atoms with Crippen LogP contribution < -0.4 is 5.46 Å². The van der Waals surface area contributed by atoms with Gasteiger partial charge in [0.1, 0.15) is 0 Å². The molecular formula is C6H5BBr2O2. The normalized spacial score (nSPS) is 9.64. The van der Waals surface area contributed by atoms with Gasteiger partial charge >= 0.3 is 7.12 Å². The van der Waals surface area contributed by atoms with Gasteiger partial charge in [0.05, 0.1) is 32.5 Å². The van der Waals surface area contributed by atoms with Crippen molar-refractivity contribution < 1.29 is 7.49 Å². The molecule has 0 spiro atoms. The van der Waals surface area contributed by atoms with Gasteiger partial charge in [0.15, 0.2) is 0 Å². The van der Waals surface area contributed by atoms with Crippen LogP contribution in [0.1, 0.15) is 0 Å². The second-order valence-electron chi connectivity index (χ2n) is 1.92. The van der Waals surface area contributed by atoms with Crippen LogP contribution in [0.15, 0.2) is 30.3 Å². The maximum absolute atomic E-state index is 4.83. The predicted octanol–water partition coefficient (Wildman–Crippen LogP) is 2.03. The predicted molar refractivity (Wildman–Crippen MR) is 51.9 cm³/mol. The van der Waals surface area contributed by atoms with Crippen molar-refractivity contribution in [1.82, 2.24) is 0 Å². The molecule has 1 aromatic rings. The third-order valence-corrected chi connectivity index (χ3v) is 1.91. The van der Waals surface area contributed by atoms with Gasteiger partial charge in [-0.3, -0.25) is 0 Å². The lowest BCUT2D eigenvalue weighted by atomic mass is 9.81. The van der Waals surface area contributed by atoms with Crippen molar-refractivity contribution >= 4 is 45.1 Å². The number of rotatable bonds is 3. The average molecular weight is 280 g/mol. The van der Waals surface area contributed by atoms with Crippen molar-refractivity contribution in [3.63, 3.8) is 0 Å². The van der Waals surface area contributed by atoms with E-state index in [0.717, 1.165) is 5.46 Å². The number of benzene rings is 1. The van der Waals surface area contributed by atoms with E-state index in [9.17, 15) is 0 Å². The van der Waals surface area contributed by atoms with E-state index in [0.29, 0.717) is 0 Å². The van der Waals surface area contributed by atoms with Crippen molar-refractivity contribution in [3.8, 4) is 0 Å². The molecule has 0 saturated carbocycles. The Bertz CT molecular complexity index is 203. The summed E-state index contributed by atoms with van der Waals surface area (Å²) in [6, 6.07) is 9.59. The van der Waals surface area contributed by atoms with Crippen LogP contribution in [-0.2, 0) is 7.49 Å². The minimum atomic E-state index is -0.406. The zero-order valence-corrected chi connectivity index (χ0v) is 8.71. The molecule has 11 heavy (non-hydrogen) atoms. The molecule has 0 aromatic heterocycles. The highest BCUT2D eigenvalue weighted by Crippen LogP contribution is 2.00. The summed E-state index contributed by atoms with van der Waals surface area (Å²) in [6.07, 6.45) is 0. The molecule has 0 saturated heterocycles. The first kappa shape index (κ1) is 9.25. The van der Waals surface area contributed by atoms with Gasteiger partial charge in [-0.25, -0.2) is 0 Å². The van der Waals surface area contributed by atoms with E-state index in [1.165, 1.54) is 0 Å². The molecule has 0 radical (unpaired) electrons. The van der Waals surface area contributed by atoms with Crippen LogP contribution in [0.5, 0.6) is 0 Å². The molecule has 0 fully saturated rings. The van der Waals surface area contributed by atoms with E-state index >= 15 is 0 Å². The van der Waals surface area contributed by atoms with Gasteiger partial charge in [-0.2, -0.15) is 0 Å². The molecule has 2 nitrogen and oxygen atoms in total. The molecule has 0 aliphatic carbocycles. The molecular weight excluding hydrogens is 275 g/mol. The molecule has 58 valence electrons. The third-order valence-electron chi connectivity index (χ3n) is 1.23. The summed E-state index contributed by atoms with van der Waals surface area (Å²) in [5.41, 5.74) is 0.946. The highest BCUT2D eigenvalue weighted by molar-refractivity contribution is 9.06. The van der Waals surface area contributed by atoms with E-state index in [2.05, 4.69) is 32.5 Å². The fourth-order valence-electron chi connectivity index (χ4n) is 0.727. The Kier molecular flexibility index (Phi) is 4.14. The first-order chi connectivity index (χ1) is 5.38. The lowest BCUT2D eigenvalue weighted by Gasteiger charge is -2.03. The molecule has 1 rings (SSSR count). The Morgan fingerprint density at radius 1 is 1.00 bits per heavy atom. The summed E-state index contributed by atoms with van der Waals surface area (Å²) in [5.74, 6) is 0. The smallest absolute Gasteiger partial charge is 0.333 e. The van der Waals surface area contributed by atoms with E-state index < -0.39 is 7.12 Å². The Morgan fingerprint density at radius 2 is 1.55 bits per heavy atom. The maximum atomic E-state index is 4.83. The zero-order valence-electron chi connectivity index (χ0n) is 5.54. The van der Waals surface area contributed by atoms with E-state index in [1.807, 2.05) is 30.3 Å². The number of halogens is 2. The van der Waals surface area contributed by atoms with Crippen molar-refractivity contribution in [2.45, 2.75) is 0 Å². The SMILES string of the molecule is BrOB(OBr)c1ccccc1. The Hall–Kier alpha value is 0.165. The lowest BCUT2D eigenvalue weighted by molar-refractivity contribution is 0.555. The topological polar surface area (TPSA) is 18.5 Å². The minimum absolute atomic E-state index is 0.406.